The maximum atomic E-state index is 12.3. The standard InChI is InChI=1S/C15H20ClNO3S/c1-3-6-20-15(19)13-10-5-4-9(2)7-11(10)21-14(13)17-12(18)8-16/h9H,3-8H2,1-2H3,(H,17,18). The van der Waals surface area contributed by atoms with Crippen LogP contribution in [-0.2, 0) is 22.4 Å². The Bertz CT molecular complexity index is 541. The molecule has 1 atom stereocenters. The Labute approximate surface area is 133 Å². The van der Waals surface area contributed by atoms with Crippen molar-refractivity contribution in [3.8, 4) is 0 Å². The van der Waals surface area contributed by atoms with E-state index in [0.717, 1.165) is 31.2 Å². The number of amides is 1. The summed E-state index contributed by atoms with van der Waals surface area (Å²) >= 11 is 7.02. The van der Waals surface area contributed by atoms with Crippen molar-refractivity contribution >= 4 is 39.8 Å². The van der Waals surface area contributed by atoms with Gasteiger partial charge in [0.05, 0.1) is 12.2 Å². The lowest BCUT2D eigenvalue weighted by atomic mass is 9.88. The number of hydrogen-bond acceptors (Lipinski definition) is 4. The summed E-state index contributed by atoms with van der Waals surface area (Å²) in [5.74, 6) is -0.156. The fourth-order valence-electron chi connectivity index (χ4n) is 2.48. The van der Waals surface area contributed by atoms with Crippen LogP contribution < -0.4 is 5.32 Å². The molecule has 2 rings (SSSR count). The van der Waals surface area contributed by atoms with Gasteiger partial charge < -0.3 is 10.1 Å². The minimum atomic E-state index is -0.339. The molecule has 0 fully saturated rings. The molecule has 1 aliphatic rings. The van der Waals surface area contributed by atoms with Gasteiger partial charge in [-0.2, -0.15) is 0 Å². The Kier molecular flexibility index (Phi) is 5.65. The number of rotatable bonds is 5. The molecule has 21 heavy (non-hydrogen) atoms. The third-order valence-electron chi connectivity index (χ3n) is 3.53. The molecule has 0 bridgehead atoms. The molecule has 1 N–H and O–H groups in total. The Morgan fingerprint density at radius 3 is 2.90 bits per heavy atom. The molecule has 4 nitrogen and oxygen atoms in total. The van der Waals surface area contributed by atoms with Crippen molar-refractivity contribution in [3.05, 3.63) is 16.0 Å². The first-order valence-electron chi connectivity index (χ1n) is 7.24. The van der Waals surface area contributed by atoms with E-state index in [1.165, 1.54) is 16.2 Å². The van der Waals surface area contributed by atoms with Gasteiger partial charge in [0.25, 0.3) is 0 Å². The van der Waals surface area contributed by atoms with Crippen LogP contribution in [0, 0.1) is 5.92 Å². The predicted octanol–water partition coefficient (Wildman–Crippen LogP) is 3.62. The van der Waals surface area contributed by atoms with Crippen molar-refractivity contribution in [2.24, 2.45) is 5.92 Å². The lowest BCUT2D eigenvalue weighted by molar-refractivity contribution is -0.113. The third-order valence-corrected chi connectivity index (χ3v) is 4.94. The number of alkyl halides is 1. The van der Waals surface area contributed by atoms with Crippen LogP contribution in [0.1, 0.15) is 47.5 Å². The van der Waals surface area contributed by atoms with Gasteiger partial charge in [0.2, 0.25) is 5.91 Å². The van der Waals surface area contributed by atoms with Gasteiger partial charge in [-0.05, 0) is 37.2 Å². The Morgan fingerprint density at radius 2 is 2.24 bits per heavy atom. The maximum Gasteiger partial charge on any atom is 0.341 e. The van der Waals surface area contributed by atoms with E-state index in [-0.39, 0.29) is 17.8 Å². The van der Waals surface area contributed by atoms with E-state index < -0.39 is 0 Å². The molecule has 0 saturated heterocycles. The van der Waals surface area contributed by atoms with Crippen LogP contribution in [0.2, 0.25) is 0 Å². The van der Waals surface area contributed by atoms with Crippen LogP contribution >= 0.6 is 22.9 Å². The Hall–Kier alpha value is -1.07. The second kappa shape index (κ2) is 7.27. The zero-order valence-electron chi connectivity index (χ0n) is 12.3. The smallest absolute Gasteiger partial charge is 0.341 e. The molecular formula is C15H20ClNO3S. The van der Waals surface area contributed by atoms with E-state index in [1.54, 1.807) is 0 Å². The third kappa shape index (κ3) is 3.77. The van der Waals surface area contributed by atoms with Crippen LogP contribution in [0.4, 0.5) is 5.00 Å². The number of ether oxygens (including phenoxy) is 1. The molecule has 116 valence electrons. The predicted molar refractivity (Wildman–Crippen MR) is 85.4 cm³/mol. The number of halogens is 1. The van der Waals surface area contributed by atoms with E-state index in [1.807, 2.05) is 6.92 Å². The number of thiophene rings is 1. The number of hydrogen-bond donors (Lipinski definition) is 1. The molecule has 1 aliphatic carbocycles. The van der Waals surface area contributed by atoms with E-state index >= 15 is 0 Å². The van der Waals surface area contributed by atoms with Crippen LogP contribution in [0.15, 0.2) is 0 Å². The zero-order chi connectivity index (χ0) is 15.4. The fraction of sp³-hybridized carbons (Fsp3) is 0.600. The second-order valence-electron chi connectivity index (χ2n) is 5.37. The quantitative estimate of drug-likeness (QED) is 0.663. The first-order valence-corrected chi connectivity index (χ1v) is 8.59. The number of anilines is 1. The van der Waals surface area contributed by atoms with E-state index in [4.69, 9.17) is 16.3 Å². The van der Waals surface area contributed by atoms with Crippen LogP contribution in [0.5, 0.6) is 0 Å². The second-order valence-corrected chi connectivity index (χ2v) is 6.75. The van der Waals surface area contributed by atoms with Gasteiger partial charge in [-0.1, -0.05) is 13.8 Å². The van der Waals surface area contributed by atoms with Gasteiger partial charge in [-0.3, -0.25) is 4.79 Å². The largest absolute Gasteiger partial charge is 0.462 e. The summed E-state index contributed by atoms with van der Waals surface area (Å²) in [6.45, 7) is 4.55. The molecule has 0 spiro atoms. The van der Waals surface area contributed by atoms with Crippen molar-refractivity contribution in [2.45, 2.75) is 39.5 Å². The average Bonchev–Trinajstić information content (AvgIpc) is 2.81. The summed E-state index contributed by atoms with van der Waals surface area (Å²) in [5, 5.41) is 3.32. The highest BCUT2D eigenvalue weighted by Gasteiger charge is 2.29. The molecule has 1 heterocycles. The summed E-state index contributed by atoms with van der Waals surface area (Å²) < 4.78 is 5.27. The van der Waals surface area contributed by atoms with Gasteiger partial charge in [0.15, 0.2) is 0 Å². The topological polar surface area (TPSA) is 55.4 Å². The van der Waals surface area contributed by atoms with Crippen LogP contribution in [0.3, 0.4) is 0 Å². The molecule has 0 saturated carbocycles. The minimum absolute atomic E-state index is 0.123. The summed E-state index contributed by atoms with van der Waals surface area (Å²) in [5.41, 5.74) is 1.58. The summed E-state index contributed by atoms with van der Waals surface area (Å²) in [6, 6.07) is 0. The molecule has 0 aliphatic heterocycles. The van der Waals surface area contributed by atoms with Gasteiger partial charge in [0, 0.05) is 4.88 Å². The number of esters is 1. The summed E-state index contributed by atoms with van der Waals surface area (Å²) in [6.07, 6.45) is 3.64. The van der Waals surface area contributed by atoms with Crippen molar-refractivity contribution in [1.29, 1.82) is 0 Å². The van der Waals surface area contributed by atoms with Crippen molar-refractivity contribution < 1.29 is 14.3 Å². The van der Waals surface area contributed by atoms with Gasteiger partial charge in [0.1, 0.15) is 10.9 Å². The maximum absolute atomic E-state index is 12.3. The highest BCUT2D eigenvalue weighted by atomic mass is 35.5. The lowest BCUT2D eigenvalue weighted by Crippen LogP contribution is -2.17. The molecule has 1 aromatic rings. The average molecular weight is 330 g/mol. The SMILES string of the molecule is CCCOC(=O)c1c(NC(=O)CCl)sc2c1CCC(C)C2. The van der Waals surface area contributed by atoms with E-state index in [0.29, 0.717) is 23.1 Å². The zero-order valence-corrected chi connectivity index (χ0v) is 13.9. The lowest BCUT2D eigenvalue weighted by Gasteiger charge is -2.18. The van der Waals surface area contributed by atoms with Gasteiger partial charge in [-0.15, -0.1) is 22.9 Å². The summed E-state index contributed by atoms with van der Waals surface area (Å²) in [7, 11) is 0. The number of carbonyl (C=O) groups excluding carboxylic acids is 2. The van der Waals surface area contributed by atoms with Gasteiger partial charge in [-0.25, -0.2) is 4.79 Å². The van der Waals surface area contributed by atoms with Crippen molar-refractivity contribution in [2.75, 3.05) is 17.8 Å². The molecule has 1 amide bonds. The molecule has 1 unspecified atom stereocenters. The fourth-order valence-corrected chi connectivity index (χ4v) is 3.96. The number of nitrogens with one attached hydrogen (secondary N) is 1. The van der Waals surface area contributed by atoms with Crippen LogP contribution in [-0.4, -0.2) is 24.4 Å². The molecule has 1 aromatic heterocycles. The molecular weight excluding hydrogens is 310 g/mol. The Balaban J connectivity index is 2.34. The summed E-state index contributed by atoms with van der Waals surface area (Å²) in [4.78, 5) is 25.1. The van der Waals surface area contributed by atoms with Gasteiger partial charge >= 0.3 is 5.97 Å². The first kappa shape index (κ1) is 16.3. The molecule has 6 heteroatoms. The highest BCUT2D eigenvalue weighted by molar-refractivity contribution is 7.17. The molecule has 0 aromatic carbocycles. The Morgan fingerprint density at radius 1 is 1.48 bits per heavy atom. The number of carbonyl (C=O) groups is 2. The minimum Gasteiger partial charge on any atom is -0.462 e. The first-order chi connectivity index (χ1) is 10.1. The normalized spacial score (nSPS) is 17.2. The van der Waals surface area contributed by atoms with E-state index in [9.17, 15) is 9.59 Å². The number of fused-ring (bicyclic) bond motifs is 1. The van der Waals surface area contributed by atoms with Crippen molar-refractivity contribution in [3.63, 3.8) is 0 Å². The van der Waals surface area contributed by atoms with Crippen LogP contribution in [0.25, 0.3) is 0 Å². The van der Waals surface area contributed by atoms with E-state index in [2.05, 4.69) is 12.2 Å². The monoisotopic (exact) mass is 329 g/mol. The molecule has 0 radical (unpaired) electrons. The highest BCUT2D eigenvalue weighted by Crippen LogP contribution is 2.40. The van der Waals surface area contributed by atoms with Crippen molar-refractivity contribution in [1.82, 2.24) is 0 Å².